The normalized spacial score (nSPS) is 24.9. The second kappa shape index (κ2) is 6.16. The van der Waals surface area contributed by atoms with Gasteiger partial charge in [0.05, 0.1) is 16.6 Å². The van der Waals surface area contributed by atoms with Crippen molar-refractivity contribution in [3.05, 3.63) is 29.3 Å². The zero-order valence-corrected chi connectivity index (χ0v) is 14.8. The summed E-state index contributed by atoms with van der Waals surface area (Å²) in [6, 6.07) is 2.04. The van der Waals surface area contributed by atoms with Crippen LogP contribution < -0.4 is 5.32 Å². The molecule has 3 fully saturated rings. The van der Waals surface area contributed by atoms with Gasteiger partial charge in [0.15, 0.2) is 23.1 Å². The highest BCUT2D eigenvalue weighted by molar-refractivity contribution is 6.31. The Bertz CT molecular complexity index is 965. The minimum atomic E-state index is -0.435. The fourth-order valence-electron chi connectivity index (χ4n) is 4.36. The van der Waals surface area contributed by atoms with E-state index in [-0.39, 0.29) is 11.9 Å². The van der Waals surface area contributed by atoms with Gasteiger partial charge in [0.2, 0.25) is 0 Å². The zero-order valence-electron chi connectivity index (χ0n) is 14.0. The van der Waals surface area contributed by atoms with E-state index in [0.29, 0.717) is 33.5 Å². The van der Waals surface area contributed by atoms with Gasteiger partial charge in [0.25, 0.3) is 0 Å². The summed E-state index contributed by atoms with van der Waals surface area (Å²) < 4.78 is 14.3. The number of aromatic amines is 1. The Morgan fingerprint density at radius 2 is 2.00 bits per heavy atom. The van der Waals surface area contributed by atoms with Crippen molar-refractivity contribution in [2.45, 2.75) is 38.1 Å². The van der Waals surface area contributed by atoms with E-state index in [0.717, 1.165) is 12.3 Å². The highest BCUT2D eigenvalue weighted by atomic mass is 35.5. The lowest BCUT2D eigenvalue weighted by atomic mass is 9.68. The Kier molecular flexibility index (Phi) is 3.77. The molecule has 0 radical (unpaired) electrons. The van der Waals surface area contributed by atoms with Crippen LogP contribution in [0.2, 0.25) is 5.02 Å². The van der Waals surface area contributed by atoms with Crippen LogP contribution in [0, 0.1) is 17.7 Å². The number of nitrogens with zero attached hydrogens (tertiary/aromatic N) is 4. The number of halogens is 2. The Morgan fingerprint density at radius 1 is 1.15 bits per heavy atom. The minimum Gasteiger partial charge on any atom is -0.364 e. The van der Waals surface area contributed by atoms with Gasteiger partial charge in [-0.3, -0.25) is 5.10 Å². The van der Waals surface area contributed by atoms with E-state index in [1.165, 1.54) is 38.1 Å². The van der Waals surface area contributed by atoms with Crippen molar-refractivity contribution in [2.24, 2.45) is 11.8 Å². The molecule has 3 heterocycles. The first kappa shape index (κ1) is 15.9. The average Bonchev–Trinajstić information content (AvgIpc) is 3.07. The number of H-pyrrole nitrogens is 1. The van der Waals surface area contributed by atoms with E-state index >= 15 is 0 Å². The van der Waals surface area contributed by atoms with Crippen LogP contribution in [0.4, 0.5) is 10.2 Å². The third-order valence-electron chi connectivity index (χ3n) is 5.71. The van der Waals surface area contributed by atoms with Gasteiger partial charge in [-0.2, -0.15) is 5.10 Å². The van der Waals surface area contributed by atoms with Crippen LogP contribution in [0.3, 0.4) is 0 Å². The molecule has 2 bridgehead atoms. The maximum absolute atomic E-state index is 14.3. The van der Waals surface area contributed by atoms with Gasteiger partial charge in [-0.05, 0) is 37.2 Å². The van der Waals surface area contributed by atoms with Crippen molar-refractivity contribution in [3.8, 4) is 11.5 Å². The van der Waals surface area contributed by atoms with E-state index in [2.05, 4.69) is 30.5 Å². The second-order valence-electron chi connectivity index (χ2n) is 7.28. The molecule has 8 heteroatoms. The van der Waals surface area contributed by atoms with Gasteiger partial charge in [-0.25, -0.2) is 19.3 Å². The Morgan fingerprint density at radius 3 is 2.77 bits per heavy atom. The lowest BCUT2D eigenvalue weighted by molar-refractivity contribution is 0.157. The topological polar surface area (TPSA) is 79.4 Å². The average molecular weight is 373 g/mol. The third kappa shape index (κ3) is 2.70. The number of fused-ring (bicyclic) bond motifs is 4. The fourth-order valence-corrected chi connectivity index (χ4v) is 4.52. The van der Waals surface area contributed by atoms with Crippen LogP contribution in [0.5, 0.6) is 0 Å². The van der Waals surface area contributed by atoms with Gasteiger partial charge in [-0.15, -0.1) is 0 Å². The highest BCUT2D eigenvalue weighted by Crippen LogP contribution is 2.42. The highest BCUT2D eigenvalue weighted by Gasteiger charge is 2.36. The van der Waals surface area contributed by atoms with Crippen LogP contribution in [0.1, 0.15) is 32.1 Å². The maximum atomic E-state index is 14.3. The molecule has 2 N–H and O–H groups in total. The molecular weight excluding hydrogens is 355 g/mol. The predicted molar refractivity (Wildman–Crippen MR) is 97.4 cm³/mol. The first-order valence-corrected chi connectivity index (χ1v) is 9.34. The molecular formula is C18H18ClFN6. The number of nitrogens with one attached hydrogen (secondary N) is 2. The summed E-state index contributed by atoms with van der Waals surface area (Å²) in [5, 5.41) is 11.6. The van der Waals surface area contributed by atoms with Crippen LogP contribution >= 0.6 is 11.6 Å². The van der Waals surface area contributed by atoms with Gasteiger partial charge >= 0.3 is 0 Å². The SMILES string of the molecule is Fc1cnc(-c2[nH]nc3ncc(Cl)cc23)nc1NC1CC2CCC1CC2. The Hall–Kier alpha value is -2.28. The molecule has 0 aromatic carbocycles. The van der Waals surface area contributed by atoms with Gasteiger partial charge in [-0.1, -0.05) is 24.4 Å². The van der Waals surface area contributed by atoms with Crippen molar-refractivity contribution in [1.29, 1.82) is 0 Å². The molecule has 3 aliphatic rings. The summed E-state index contributed by atoms with van der Waals surface area (Å²) in [6.45, 7) is 0. The lowest BCUT2D eigenvalue weighted by Gasteiger charge is -2.42. The molecule has 6 rings (SSSR count). The van der Waals surface area contributed by atoms with Gasteiger partial charge in [0, 0.05) is 12.2 Å². The number of anilines is 1. The fraction of sp³-hybridized carbons (Fsp3) is 0.444. The molecule has 3 aliphatic carbocycles. The summed E-state index contributed by atoms with van der Waals surface area (Å²) in [6.07, 6.45) is 8.87. The van der Waals surface area contributed by atoms with Crippen LogP contribution in [-0.4, -0.2) is 31.2 Å². The van der Waals surface area contributed by atoms with E-state index in [1.54, 1.807) is 6.07 Å². The van der Waals surface area contributed by atoms with Gasteiger partial charge < -0.3 is 5.32 Å². The standard InChI is InChI=1S/C18H18ClFN6/c19-11-6-12-15(25-26-16(12)21-7-11)18-22-8-13(20)17(24-18)23-14-5-9-1-3-10(14)4-2-9/h6-10,14H,1-5H2,(H,21,25,26)(H,22,23,24). The minimum absolute atomic E-state index is 0.255. The van der Waals surface area contributed by atoms with Gasteiger partial charge in [0.1, 0.15) is 5.69 Å². The second-order valence-corrected chi connectivity index (χ2v) is 7.72. The summed E-state index contributed by atoms with van der Waals surface area (Å²) in [5.41, 5.74) is 1.11. The Labute approximate surface area is 154 Å². The molecule has 3 aromatic rings. The molecule has 1 unspecified atom stereocenters. The summed E-state index contributed by atoms with van der Waals surface area (Å²) in [4.78, 5) is 12.7. The van der Waals surface area contributed by atoms with Crippen LogP contribution in [-0.2, 0) is 0 Å². The molecule has 0 aliphatic heterocycles. The summed E-state index contributed by atoms with van der Waals surface area (Å²) in [7, 11) is 0. The molecule has 134 valence electrons. The molecule has 0 saturated heterocycles. The molecule has 6 nitrogen and oxygen atoms in total. The van der Waals surface area contributed by atoms with E-state index in [9.17, 15) is 4.39 Å². The number of hydrogen-bond donors (Lipinski definition) is 2. The zero-order chi connectivity index (χ0) is 17.7. The summed E-state index contributed by atoms with van der Waals surface area (Å²) >= 11 is 6.04. The largest absolute Gasteiger partial charge is 0.364 e. The van der Waals surface area contributed by atoms with E-state index in [1.807, 2.05) is 0 Å². The van der Waals surface area contributed by atoms with E-state index in [4.69, 9.17) is 11.6 Å². The molecule has 3 saturated carbocycles. The lowest BCUT2D eigenvalue weighted by Crippen LogP contribution is -2.40. The first-order chi connectivity index (χ1) is 12.7. The monoisotopic (exact) mass is 372 g/mol. The van der Waals surface area contributed by atoms with Crippen LogP contribution in [0.25, 0.3) is 22.6 Å². The predicted octanol–water partition coefficient (Wildman–Crippen LogP) is 4.20. The van der Waals surface area contributed by atoms with E-state index < -0.39 is 5.82 Å². The third-order valence-corrected chi connectivity index (χ3v) is 5.92. The number of hydrogen-bond acceptors (Lipinski definition) is 5. The maximum Gasteiger partial charge on any atom is 0.183 e. The van der Waals surface area contributed by atoms with Crippen molar-refractivity contribution in [2.75, 3.05) is 5.32 Å². The first-order valence-electron chi connectivity index (χ1n) is 8.96. The quantitative estimate of drug-likeness (QED) is 0.720. The molecule has 3 aromatic heterocycles. The van der Waals surface area contributed by atoms with Crippen LogP contribution in [0.15, 0.2) is 18.5 Å². The summed E-state index contributed by atoms with van der Waals surface area (Å²) in [5.74, 6) is 1.56. The number of aromatic nitrogens is 5. The number of rotatable bonds is 3. The molecule has 26 heavy (non-hydrogen) atoms. The molecule has 0 spiro atoms. The Balaban J connectivity index is 1.49. The molecule has 1 atom stereocenters. The van der Waals surface area contributed by atoms with Crippen molar-refractivity contribution in [3.63, 3.8) is 0 Å². The van der Waals surface area contributed by atoms with Crippen molar-refractivity contribution in [1.82, 2.24) is 25.1 Å². The van der Waals surface area contributed by atoms with Crippen molar-refractivity contribution >= 4 is 28.5 Å². The number of pyridine rings is 1. The molecule has 0 amide bonds. The smallest absolute Gasteiger partial charge is 0.183 e. The van der Waals surface area contributed by atoms with Crippen molar-refractivity contribution < 1.29 is 4.39 Å².